The summed E-state index contributed by atoms with van der Waals surface area (Å²) in [5.74, 6) is -2.69. The number of hydrogen-bond acceptors (Lipinski definition) is 8. The molecule has 0 aromatic heterocycles. The van der Waals surface area contributed by atoms with Crippen LogP contribution in [0.4, 0.5) is 18.9 Å². The molecule has 0 saturated heterocycles. The molecule has 1 N–H and O–H groups in total. The topological polar surface area (TPSA) is 104 Å². The van der Waals surface area contributed by atoms with Gasteiger partial charge in [0, 0.05) is 13.7 Å². The van der Waals surface area contributed by atoms with Gasteiger partial charge < -0.3 is 28.8 Å². The maximum absolute atomic E-state index is 12.3. The summed E-state index contributed by atoms with van der Waals surface area (Å²) in [7, 11) is 1.33. The Kier molecular flexibility index (Phi) is 7.32. The summed E-state index contributed by atoms with van der Waals surface area (Å²) >= 11 is 0. The van der Waals surface area contributed by atoms with Gasteiger partial charge in [-0.15, -0.1) is 13.2 Å². The number of ketones is 1. The first kappa shape index (κ1) is 22.0. The second-order valence-electron chi connectivity index (χ2n) is 5.36. The van der Waals surface area contributed by atoms with Crippen LogP contribution < -0.4 is 9.64 Å². The number of alkyl halides is 3. The lowest BCUT2D eigenvalue weighted by Gasteiger charge is -2.22. The third-order valence-corrected chi connectivity index (χ3v) is 3.47. The van der Waals surface area contributed by atoms with E-state index in [-0.39, 0.29) is 11.3 Å². The highest BCUT2D eigenvalue weighted by Crippen LogP contribution is 2.34. The maximum atomic E-state index is 12.3. The number of aliphatic hydroxyl groups excluding tert-OH is 1. The number of Topliss-reactive ketones (excluding diaryl/α,β-unsaturated/α-hetero) is 1. The predicted octanol–water partition coefficient (Wildman–Crippen LogP) is 1.39. The molecule has 0 spiro atoms. The van der Waals surface area contributed by atoms with E-state index >= 15 is 0 Å². The minimum absolute atomic E-state index is 0.0252. The number of hydrogen-bond donors (Lipinski definition) is 1. The van der Waals surface area contributed by atoms with Gasteiger partial charge >= 0.3 is 6.36 Å². The maximum Gasteiger partial charge on any atom is 0.573 e. The van der Waals surface area contributed by atoms with E-state index in [1.807, 2.05) is 0 Å². The zero-order valence-electron chi connectivity index (χ0n) is 14.9. The molecule has 0 fully saturated rings. The van der Waals surface area contributed by atoms with Crippen molar-refractivity contribution in [3.63, 3.8) is 0 Å². The Morgan fingerprint density at radius 3 is 2.50 bits per heavy atom. The third kappa shape index (κ3) is 5.62. The molecular weight excluding hydrogens is 391 g/mol. The van der Waals surface area contributed by atoms with Crippen LogP contribution in [0.15, 0.2) is 18.2 Å². The fraction of sp³-hybridized carbons (Fsp3) is 0.500. The summed E-state index contributed by atoms with van der Waals surface area (Å²) in [5, 5.41) is 9.90. The highest BCUT2D eigenvalue weighted by Gasteiger charge is 2.38. The van der Waals surface area contributed by atoms with E-state index in [9.17, 15) is 27.9 Å². The van der Waals surface area contributed by atoms with Crippen molar-refractivity contribution in [1.82, 2.24) is 0 Å². The monoisotopic (exact) mass is 409 g/mol. The van der Waals surface area contributed by atoms with E-state index in [2.05, 4.69) is 4.74 Å². The Hall–Kier alpha value is -2.25. The molecule has 12 heteroatoms. The highest BCUT2D eigenvalue weighted by atomic mass is 19.4. The molecule has 1 aromatic rings. The first-order valence-corrected chi connectivity index (χ1v) is 7.98. The molecule has 9 nitrogen and oxygen atoms in total. The Bertz CT molecular complexity index is 712. The van der Waals surface area contributed by atoms with Gasteiger partial charge in [0.15, 0.2) is 13.1 Å². The molecule has 1 aromatic carbocycles. The van der Waals surface area contributed by atoms with Gasteiger partial charge in [0.1, 0.15) is 5.75 Å². The number of methoxy groups -OCH3 is 1. The fourth-order valence-electron chi connectivity index (χ4n) is 2.36. The number of carbonyl (C=O) groups is 2. The normalized spacial score (nSPS) is 16.3. The molecule has 1 aliphatic rings. The first-order chi connectivity index (χ1) is 13.2. The smallest absolute Gasteiger partial charge is 0.406 e. The van der Waals surface area contributed by atoms with Crippen molar-refractivity contribution in [3.05, 3.63) is 23.8 Å². The second-order valence-corrected chi connectivity index (χ2v) is 5.36. The number of aliphatic hydroxyl groups is 1. The predicted molar refractivity (Wildman–Crippen MR) is 85.3 cm³/mol. The molecule has 0 aliphatic carbocycles. The van der Waals surface area contributed by atoms with Crippen LogP contribution in [0, 0.1) is 0 Å². The average Bonchev–Trinajstić information content (AvgIpc) is 2.84. The van der Waals surface area contributed by atoms with E-state index in [0.717, 1.165) is 23.1 Å². The number of nitrogens with zero attached hydrogens (tertiary/aromatic N) is 1. The SMILES string of the molecule is CCOC(OC)OCOC(O)CN1C(=O)C(=O)c2cc(OC(F)(F)F)ccc21. The summed E-state index contributed by atoms with van der Waals surface area (Å²) in [4.78, 5) is 25.0. The lowest BCUT2D eigenvalue weighted by molar-refractivity contribution is -0.315. The largest absolute Gasteiger partial charge is 0.573 e. The number of anilines is 1. The third-order valence-electron chi connectivity index (χ3n) is 3.47. The van der Waals surface area contributed by atoms with Crippen LogP contribution in [0.2, 0.25) is 0 Å². The van der Waals surface area contributed by atoms with E-state index in [1.54, 1.807) is 6.92 Å². The van der Waals surface area contributed by atoms with Crippen molar-refractivity contribution in [3.8, 4) is 5.75 Å². The molecule has 2 atom stereocenters. The Balaban J connectivity index is 2.00. The second kappa shape index (κ2) is 9.30. The van der Waals surface area contributed by atoms with Crippen molar-refractivity contribution in [1.29, 1.82) is 0 Å². The average molecular weight is 409 g/mol. The van der Waals surface area contributed by atoms with Crippen molar-refractivity contribution < 1.29 is 51.6 Å². The molecule has 1 amide bonds. The van der Waals surface area contributed by atoms with Crippen molar-refractivity contribution in [2.45, 2.75) is 26.1 Å². The molecule has 1 aliphatic heterocycles. The molecule has 156 valence electrons. The number of halogens is 3. The molecular formula is C16H18F3NO8. The van der Waals surface area contributed by atoms with Gasteiger partial charge in [-0.2, -0.15) is 0 Å². The van der Waals surface area contributed by atoms with Gasteiger partial charge in [-0.1, -0.05) is 0 Å². The summed E-state index contributed by atoms with van der Waals surface area (Å²) < 4.78 is 60.5. The molecule has 0 radical (unpaired) electrons. The number of ether oxygens (including phenoxy) is 5. The molecule has 2 rings (SSSR count). The summed E-state index contributed by atoms with van der Waals surface area (Å²) in [6.45, 7) is 0.111. The van der Waals surface area contributed by atoms with Crippen molar-refractivity contribution >= 4 is 17.4 Å². The number of fused-ring (bicyclic) bond motifs is 1. The highest BCUT2D eigenvalue weighted by molar-refractivity contribution is 6.52. The zero-order valence-corrected chi connectivity index (χ0v) is 14.9. The fourth-order valence-corrected chi connectivity index (χ4v) is 2.36. The Morgan fingerprint density at radius 1 is 1.18 bits per heavy atom. The first-order valence-electron chi connectivity index (χ1n) is 7.98. The number of carbonyl (C=O) groups excluding carboxylic acids is 2. The van der Waals surface area contributed by atoms with Crippen LogP contribution >= 0.6 is 0 Å². The van der Waals surface area contributed by atoms with Crippen molar-refractivity contribution in [2.24, 2.45) is 0 Å². The number of amides is 1. The van der Waals surface area contributed by atoms with Gasteiger partial charge in [0.05, 0.1) is 17.8 Å². The van der Waals surface area contributed by atoms with E-state index < -0.39 is 49.9 Å². The molecule has 1 heterocycles. The van der Waals surface area contributed by atoms with Gasteiger partial charge in [-0.3, -0.25) is 14.5 Å². The van der Waals surface area contributed by atoms with Gasteiger partial charge in [-0.05, 0) is 25.1 Å². The van der Waals surface area contributed by atoms with Crippen LogP contribution in [0.3, 0.4) is 0 Å². The van der Waals surface area contributed by atoms with Gasteiger partial charge in [0.25, 0.3) is 18.2 Å². The minimum Gasteiger partial charge on any atom is -0.406 e. The van der Waals surface area contributed by atoms with Crippen LogP contribution in [0.25, 0.3) is 0 Å². The van der Waals surface area contributed by atoms with Gasteiger partial charge in [0.2, 0.25) is 0 Å². The van der Waals surface area contributed by atoms with Crippen LogP contribution in [0.1, 0.15) is 17.3 Å². The molecule has 28 heavy (non-hydrogen) atoms. The summed E-state index contributed by atoms with van der Waals surface area (Å²) in [6, 6.07) is 2.87. The molecule has 0 saturated carbocycles. The van der Waals surface area contributed by atoms with E-state index in [0.29, 0.717) is 6.61 Å². The Labute approximate surface area is 157 Å². The number of benzene rings is 1. The van der Waals surface area contributed by atoms with Crippen LogP contribution in [-0.2, 0) is 23.7 Å². The number of rotatable bonds is 10. The summed E-state index contributed by atoms with van der Waals surface area (Å²) in [5.41, 5.74) is -0.247. The standard InChI is InChI=1S/C16H18F3NO8/c1-3-25-15(24-2)27-8-26-12(21)7-20-11-5-4-9(28-16(17,18)19)6-10(11)13(22)14(20)23/h4-6,12,15,21H,3,7-8H2,1-2H3. The van der Waals surface area contributed by atoms with Crippen molar-refractivity contribution in [2.75, 3.05) is 32.0 Å². The minimum atomic E-state index is -4.94. The molecule has 2 unspecified atom stereocenters. The van der Waals surface area contributed by atoms with Gasteiger partial charge in [-0.25, -0.2) is 0 Å². The zero-order chi connectivity index (χ0) is 20.9. The van der Waals surface area contributed by atoms with E-state index in [1.165, 1.54) is 7.11 Å². The van der Waals surface area contributed by atoms with Crippen LogP contribution in [0.5, 0.6) is 5.75 Å². The Morgan fingerprint density at radius 2 is 1.89 bits per heavy atom. The lowest BCUT2D eigenvalue weighted by Crippen LogP contribution is -2.38. The lowest BCUT2D eigenvalue weighted by atomic mass is 10.1. The number of β-amino-alcohol motifs (C(OH)–C–C–N with tert-alkyl or cyclic N) is 1. The quantitative estimate of drug-likeness (QED) is 0.457. The van der Waals surface area contributed by atoms with Crippen LogP contribution in [-0.4, -0.2) is 63.0 Å². The molecule has 0 bridgehead atoms. The van der Waals surface area contributed by atoms with E-state index in [4.69, 9.17) is 18.9 Å². The summed E-state index contributed by atoms with van der Waals surface area (Å²) in [6.07, 6.45) is -6.49.